The number of nitrogens with two attached hydrogens (primary N) is 1. The molecule has 0 heterocycles. The summed E-state index contributed by atoms with van der Waals surface area (Å²) in [5.74, 6) is -2.51. The lowest BCUT2D eigenvalue weighted by Gasteiger charge is -2.10. The minimum Gasteiger partial charge on any atom is -0.478 e. The summed E-state index contributed by atoms with van der Waals surface area (Å²) >= 11 is 3.46. The summed E-state index contributed by atoms with van der Waals surface area (Å²) in [5.41, 5.74) is 9.46. The highest BCUT2D eigenvalue weighted by Gasteiger charge is 2.05. The first-order valence-electron chi connectivity index (χ1n) is 7.72. The third-order valence-corrected chi connectivity index (χ3v) is 3.57. The lowest BCUT2D eigenvalue weighted by Crippen LogP contribution is -2.11. The van der Waals surface area contributed by atoms with Crippen molar-refractivity contribution < 1.29 is 19.8 Å². The molecule has 0 fully saturated rings. The maximum Gasteiger partial charge on any atom is 0.328 e. The van der Waals surface area contributed by atoms with E-state index in [0.29, 0.717) is 12.2 Å². The second-order valence-corrected chi connectivity index (χ2v) is 6.24. The molecule has 2 aromatic carbocycles. The zero-order valence-electron chi connectivity index (χ0n) is 14.2. The average molecular weight is 418 g/mol. The van der Waals surface area contributed by atoms with Crippen molar-refractivity contribution >= 4 is 33.4 Å². The zero-order chi connectivity index (χ0) is 19.5. The molecule has 0 aromatic heterocycles. The van der Waals surface area contributed by atoms with Crippen molar-refractivity contribution in [3.05, 3.63) is 88.4 Å². The highest BCUT2D eigenvalue weighted by atomic mass is 79.9. The van der Waals surface area contributed by atoms with Crippen LogP contribution < -0.4 is 5.73 Å². The van der Waals surface area contributed by atoms with Gasteiger partial charge >= 0.3 is 11.9 Å². The Morgan fingerprint density at radius 2 is 1.38 bits per heavy atom. The molecule has 5 nitrogen and oxygen atoms in total. The van der Waals surface area contributed by atoms with Crippen molar-refractivity contribution in [3.63, 3.8) is 0 Å². The molecule has 0 saturated carbocycles. The molecule has 1 unspecified atom stereocenters. The van der Waals surface area contributed by atoms with Crippen LogP contribution in [0.1, 0.15) is 18.1 Å². The molecule has 0 amide bonds. The van der Waals surface area contributed by atoms with Gasteiger partial charge in [-0.05, 0) is 35.8 Å². The summed E-state index contributed by atoms with van der Waals surface area (Å²) in [6.07, 6.45) is 3.21. The van der Waals surface area contributed by atoms with Crippen molar-refractivity contribution in [2.75, 3.05) is 0 Å². The fourth-order valence-corrected chi connectivity index (χ4v) is 2.28. The van der Waals surface area contributed by atoms with Crippen molar-refractivity contribution in [1.82, 2.24) is 0 Å². The molecule has 0 bridgehead atoms. The Labute approximate surface area is 160 Å². The topological polar surface area (TPSA) is 101 Å². The quantitative estimate of drug-likeness (QED) is 0.639. The van der Waals surface area contributed by atoms with Crippen molar-refractivity contribution in [3.8, 4) is 0 Å². The summed E-state index contributed by atoms with van der Waals surface area (Å²) in [4.78, 5) is 19.1. The number of hydrogen-bond acceptors (Lipinski definition) is 3. The second-order valence-electron chi connectivity index (χ2n) is 5.32. The second kappa shape index (κ2) is 11.0. The van der Waals surface area contributed by atoms with Crippen molar-refractivity contribution in [1.29, 1.82) is 0 Å². The Hall–Kier alpha value is -2.70. The SMILES string of the molecule is CC(N)C=C(c1ccccc1)c1ccc(Br)cc1.O=C(O)C=CC(=O)O. The summed E-state index contributed by atoms with van der Waals surface area (Å²) in [6.45, 7) is 1.99. The van der Waals surface area contributed by atoms with E-state index in [1.165, 1.54) is 16.7 Å². The molecule has 0 aliphatic rings. The van der Waals surface area contributed by atoms with E-state index < -0.39 is 11.9 Å². The summed E-state index contributed by atoms with van der Waals surface area (Å²) < 4.78 is 1.08. The molecular formula is C20H20BrNO4. The number of carboxylic acid groups (broad SMARTS) is 2. The van der Waals surface area contributed by atoms with Crippen LogP contribution in [-0.2, 0) is 9.59 Å². The van der Waals surface area contributed by atoms with E-state index in [-0.39, 0.29) is 6.04 Å². The predicted octanol–water partition coefficient (Wildman–Crippen LogP) is 3.94. The van der Waals surface area contributed by atoms with E-state index in [0.717, 1.165) is 4.47 Å². The van der Waals surface area contributed by atoms with Gasteiger partial charge in [-0.3, -0.25) is 0 Å². The van der Waals surface area contributed by atoms with Crippen LogP contribution in [0.3, 0.4) is 0 Å². The molecule has 2 rings (SSSR count). The van der Waals surface area contributed by atoms with Crippen LogP contribution in [0.2, 0.25) is 0 Å². The summed E-state index contributed by atoms with van der Waals surface area (Å²) in [6, 6.07) is 18.7. The highest BCUT2D eigenvalue weighted by Crippen LogP contribution is 2.25. The van der Waals surface area contributed by atoms with Crippen LogP contribution in [0.15, 0.2) is 77.3 Å². The Bertz CT molecular complexity index is 765. The smallest absolute Gasteiger partial charge is 0.328 e. The van der Waals surface area contributed by atoms with E-state index in [1.807, 2.05) is 37.3 Å². The monoisotopic (exact) mass is 417 g/mol. The van der Waals surface area contributed by atoms with Crippen LogP contribution in [0.4, 0.5) is 0 Å². The first kappa shape index (κ1) is 21.3. The van der Waals surface area contributed by atoms with Crippen molar-refractivity contribution in [2.45, 2.75) is 13.0 Å². The molecule has 136 valence electrons. The maximum atomic E-state index is 9.55. The number of halogens is 1. The molecule has 0 saturated heterocycles. The molecule has 4 N–H and O–H groups in total. The summed E-state index contributed by atoms with van der Waals surface area (Å²) in [5, 5.41) is 15.6. The lowest BCUT2D eigenvalue weighted by atomic mass is 9.96. The first-order valence-corrected chi connectivity index (χ1v) is 8.51. The van der Waals surface area contributed by atoms with Crippen LogP contribution >= 0.6 is 15.9 Å². The Kier molecular flexibility index (Phi) is 9.05. The van der Waals surface area contributed by atoms with E-state index in [1.54, 1.807) is 0 Å². The number of aliphatic carboxylic acids is 2. The van der Waals surface area contributed by atoms with Gasteiger partial charge in [-0.15, -0.1) is 0 Å². The molecule has 0 aliphatic carbocycles. The molecule has 0 spiro atoms. The number of carboxylic acids is 2. The Balaban J connectivity index is 0.000000359. The van der Waals surface area contributed by atoms with Crippen LogP contribution in [0.25, 0.3) is 5.57 Å². The highest BCUT2D eigenvalue weighted by molar-refractivity contribution is 9.10. The van der Waals surface area contributed by atoms with Gasteiger partial charge in [0.1, 0.15) is 0 Å². The Morgan fingerprint density at radius 3 is 1.81 bits per heavy atom. The molecular weight excluding hydrogens is 398 g/mol. The van der Waals surface area contributed by atoms with E-state index in [9.17, 15) is 9.59 Å². The van der Waals surface area contributed by atoms with Crippen LogP contribution in [0, 0.1) is 0 Å². The minimum absolute atomic E-state index is 0.0313. The standard InChI is InChI=1S/C16H16BrN.C4H4O4/c1-12(18)11-16(13-5-3-2-4-6-13)14-7-9-15(17)10-8-14;5-3(6)1-2-4(7)8/h2-12H,18H2,1H3;1-2H,(H,5,6)(H,7,8). The Morgan fingerprint density at radius 1 is 0.923 bits per heavy atom. The van der Waals surface area contributed by atoms with E-state index in [2.05, 4.69) is 46.3 Å². The molecule has 1 atom stereocenters. The van der Waals surface area contributed by atoms with Crippen LogP contribution in [0.5, 0.6) is 0 Å². The van der Waals surface area contributed by atoms with Gasteiger partial charge in [0.15, 0.2) is 0 Å². The van der Waals surface area contributed by atoms with E-state index >= 15 is 0 Å². The van der Waals surface area contributed by atoms with Gasteiger partial charge in [-0.1, -0.05) is 64.5 Å². The summed E-state index contributed by atoms with van der Waals surface area (Å²) in [7, 11) is 0. The lowest BCUT2D eigenvalue weighted by molar-refractivity contribution is -0.134. The van der Waals surface area contributed by atoms with Gasteiger partial charge in [0.25, 0.3) is 0 Å². The first-order chi connectivity index (χ1) is 12.3. The molecule has 0 radical (unpaired) electrons. The van der Waals surface area contributed by atoms with Crippen LogP contribution in [-0.4, -0.2) is 28.2 Å². The third-order valence-electron chi connectivity index (χ3n) is 3.04. The normalized spacial score (nSPS) is 12.2. The zero-order valence-corrected chi connectivity index (χ0v) is 15.8. The maximum absolute atomic E-state index is 9.55. The van der Waals surface area contributed by atoms with Gasteiger partial charge in [-0.25, -0.2) is 9.59 Å². The fraction of sp³-hybridized carbons (Fsp3) is 0.100. The molecule has 26 heavy (non-hydrogen) atoms. The fourth-order valence-electron chi connectivity index (χ4n) is 2.01. The number of rotatable bonds is 5. The van der Waals surface area contributed by atoms with Crippen molar-refractivity contribution in [2.24, 2.45) is 5.73 Å². The largest absolute Gasteiger partial charge is 0.478 e. The number of carbonyl (C=O) groups is 2. The molecule has 2 aromatic rings. The van der Waals surface area contributed by atoms with Gasteiger partial charge in [0.05, 0.1) is 0 Å². The van der Waals surface area contributed by atoms with Gasteiger partial charge in [0.2, 0.25) is 0 Å². The molecule has 6 heteroatoms. The number of benzene rings is 2. The van der Waals surface area contributed by atoms with Gasteiger partial charge in [-0.2, -0.15) is 0 Å². The van der Waals surface area contributed by atoms with E-state index in [4.69, 9.17) is 15.9 Å². The predicted molar refractivity (Wildman–Crippen MR) is 106 cm³/mol. The third kappa shape index (κ3) is 8.41. The van der Waals surface area contributed by atoms with Gasteiger partial charge in [0, 0.05) is 22.7 Å². The average Bonchev–Trinajstić information content (AvgIpc) is 2.60. The molecule has 0 aliphatic heterocycles. The number of hydrogen-bond donors (Lipinski definition) is 3. The van der Waals surface area contributed by atoms with Gasteiger partial charge < -0.3 is 15.9 Å². The minimum atomic E-state index is -1.26.